The fourth-order valence-electron chi connectivity index (χ4n) is 6.62. The highest BCUT2D eigenvalue weighted by Gasteiger charge is 2.34. The number of nitrogens with zero attached hydrogens (tertiary/aromatic N) is 2. The number of rotatable bonds is 9. The number of ether oxygens (including phenoxy) is 1. The molecule has 6 rings (SSSR count). The van der Waals surface area contributed by atoms with Gasteiger partial charge in [0.15, 0.2) is 0 Å². The minimum atomic E-state index is -0.947. The average Bonchev–Trinajstić information content (AvgIpc) is 3.68. The van der Waals surface area contributed by atoms with E-state index in [0.717, 1.165) is 51.7 Å². The van der Waals surface area contributed by atoms with Crippen molar-refractivity contribution < 1.29 is 24.2 Å². The maximum Gasteiger partial charge on any atom is 0.410 e. The number of benzene rings is 4. The summed E-state index contributed by atoms with van der Waals surface area (Å²) in [6.07, 6.45) is 1.31. The second kappa shape index (κ2) is 13.5. The van der Waals surface area contributed by atoms with E-state index in [2.05, 4.69) is 23.7 Å². The second-order valence-electron chi connectivity index (χ2n) is 12.3. The lowest BCUT2D eigenvalue weighted by Crippen LogP contribution is -2.49. The van der Waals surface area contributed by atoms with Crippen LogP contribution in [0.3, 0.4) is 0 Å². The number of nitrogens with one attached hydrogen (secondary N) is 1. The summed E-state index contributed by atoms with van der Waals surface area (Å²) in [5.74, 6) is -1.12. The zero-order valence-corrected chi connectivity index (χ0v) is 26.9. The first kappa shape index (κ1) is 31.6. The van der Waals surface area contributed by atoms with E-state index in [1.165, 1.54) is 0 Å². The Morgan fingerprint density at radius 2 is 1.64 bits per heavy atom. The van der Waals surface area contributed by atoms with Crippen molar-refractivity contribution in [1.82, 2.24) is 14.8 Å². The van der Waals surface area contributed by atoms with Crippen molar-refractivity contribution in [1.29, 1.82) is 0 Å². The summed E-state index contributed by atoms with van der Waals surface area (Å²) < 4.78 is 7.83. The minimum Gasteiger partial charge on any atom is -0.478 e. The van der Waals surface area contributed by atoms with Gasteiger partial charge in [0.1, 0.15) is 6.61 Å². The molecule has 0 radical (unpaired) electrons. The minimum absolute atomic E-state index is 0.139. The molecule has 1 aliphatic heterocycles. The van der Waals surface area contributed by atoms with Gasteiger partial charge in [-0.1, -0.05) is 72.8 Å². The molecular formula is C39H39N3O5. The topological polar surface area (TPSA) is 101 Å². The van der Waals surface area contributed by atoms with Gasteiger partial charge in [-0.25, -0.2) is 9.59 Å². The van der Waals surface area contributed by atoms with Gasteiger partial charge < -0.3 is 24.6 Å². The number of hydrogen-bond donors (Lipinski definition) is 2. The number of aromatic nitrogens is 1. The Bertz CT molecular complexity index is 1930. The van der Waals surface area contributed by atoms with E-state index < -0.39 is 5.97 Å². The highest BCUT2D eigenvalue weighted by molar-refractivity contribution is 5.99. The Morgan fingerprint density at radius 1 is 0.915 bits per heavy atom. The van der Waals surface area contributed by atoms with E-state index >= 15 is 0 Å². The van der Waals surface area contributed by atoms with Gasteiger partial charge in [0.25, 0.3) is 5.91 Å². The fourth-order valence-corrected chi connectivity index (χ4v) is 6.62. The molecule has 1 fully saturated rings. The third-order valence-corrected chi connectivity index (χ3v) is 9.34. The molecule has 5 aromatic rings. The van der Waals surface area contributed by atoms with Crippen LogP contribution in [0.5, 0.6) is 0 Å². The van der Waals surface area contributed by atoms with Gasteiger partial charge in [-0.15, -0.1) is 0 Å². The molecule has 1 saturated heterocycles. The molecule has 0 unspecified atom stereocenters. The van der Waals surface area contributed by atoms with E-state index in [9.17, 15) is 19.5 Å². The van der Waals surface area contributed by atoms with Crippen molar-refractivity contribution >= 4 is 28.9 Å². The van der Waals surface area contributed by atoms with Crippen molar-refractivity contribution in [3.8, 4) is 11.1 Å². The Morgan fingerprint density at radius 3 is 2.38 bits per heavy atom. The van der Waals surface area contributed by atoms with E-state index in [1.807, 2.05) is 91.9 Å². The molecule has 2 atom stereocenters. The van der Waals surface area contributed by atoms with E-state index in [1.54, 1.807) is 17.0 Å². The van der Waals surface area contributed by atoms with E-state index in [0.29, 0.717) is 24.2 Å². The molecule has 2 heterocycles. The number of carbonyl (C=O) groups excluding carboxylic acids is 2. The van der Waals surface area contributed by atoms with Crippen LogP contribution in [0.25, 0.3) is 22.0 Å². The number of amides is 2. The molecule has 4 aromatic carbocycles. The molecule has 1 aliphatic rings. The summed E-state index contributed by atoms with van der Waals surface area (Å²) in [5.41, 5.74) is 7.67. The third kappa shape index (κ3) is 6.63. The molecule has 8 nitrogen and oxygen atoms in total. The Labute approximate surface area is 274 Å². The van der Waals surface area contributed by atoms with Crippen molar-refractivity contribution in [2.24, 2.45) is 0 Å². The standard InChI is InChI=1S/C39H39N3O5/c1-25-27(3)42(23-28-15-17-30(18-16-28)32-12-7-8-13-33(32)38(44)45)36-20-19-31(22-34(25)36)37(43)40-26(2)35-14-9-21-41(35)39(46)47-24-29-10-5-4-6-11-29/h4-8,10-13,15-20,22,26,35H,9,14,21,23-24H2,1-3H3,(H,40,43)(H,44,45)/t26-,35-/m0/s1. The molecule has 0 saturated carbocycles. The lowest BCUT2D eigenvalue weighted by Gasteiger charge is -2.29. The van der Waals surface area contributed by atoms with Gasteiger partial charge in [0.05, 0.1) is 11.6 Å². The zero-order valence-electron chi connectivity index (χ0n) is 26.9. The summed E-state index contributed by atoms with van der Waals surface area (Å²) in [7, 11) is 0. The summed E-state index contributed by atoms with van der Waals surface area (Å²) in [5, 5.41) is 13.7. The van der Waals surface area contributed by atoms with Crippen LogP contribution >= 0.6 is 0 Å². The molecule has 8 heteroatoms. The maximum absolute atomic E-state index is 13.5. The fraction of sp³-hybridized carbons (Fsp3) is 0.256. The molecule has 2 N–H and O–H groups in total. The molecule has 240 valence electrons. The van der Waals surface area contributed by atoms with Crippen molar-refractivity contribution in [3.05, 3.63) is 131 Å². The lowest BCUT2D eigenvalue weighted by atomic mass is 9.99. The molecular weight excluding hydrogens is 590 g/mol. The summed E-state index contributed by atoms with van der Waals surface area (Å²) in [4.78, 5) is 39.8. The number of fused-ring (bicyclic) bond motifs is 1. The number of hydrogen-bond acceptors (Lipinski definition) is 4. The Hall–Kier alpha value is -5.37. The highest BCUT2D eigenvalue weighted by Crippen LogP contribution is 2.29. The zero-order chi connectivity index (χ0) is 33.1. The van der Waals surface area contributed by atoms with Gasteiger partial charge in [0, 0.05) is 41.3 Å². The number of aryl methyl sites for hydroxylation is 1. The van der Waals surface area contributed by atoms with Crippen LogP contribution in [-0.4, -0.2) is 51.2 Å². The van der Waals surface area contributed by atoms with Gasteiger partial charge in [0.2, 0.25) is 0 Å². The largest absolute Gasteiger partial charge is 0.478 e. The molecule has 2 amide bonds. The molecule has 0 aliphatic carbocycles. The quantitative estimate of drug-likeness (QED) is 0.175. The predicted molar refractivity (Wildman–Crippen MR) is 183 cm³/mol. The second-order valence-corrected chi connectivity index (χ2v) is 12.3. The maximum atomic E-state index is 13.5. The van der Waals surface area contributed by atoms with E-state index in [-0.39, 0.29) is 36.3 Å². The van der Waals surface area contributed by atoms with Crippen LogP contribution in [0.2, 0.25) is 0 Å². The number of carboxylic acids is 1. The normalized spacial score (nSPS) is 15.0. The van der Waals surface area contributed by atoms with Crippen LogP contribution < -0.4 is 5.32 Å². The van der Waals surface area contributed by atoms with Crippen LogP contribution in [-0.2, 0) is 17.9 Å². The van der Waals surface area contributed by atoms with Crippen molar-refractivity contribution in [3.63, 3.8) is 0 Å². The van der Waals surface area contributed by atoms with Gasteiger partial charge in [-0.3, -0.25) is 4.79 Å². The van der Waals surface area contributed by atoms with Crippen molar-refractivity contribution in [2.45, 2.75) is 58.8 Å². The number of carbonyl (C=O) groups is 3. The Kier molecular flexibility index (Phi) is 9.11. The lowest BCUT2D eigenvalue weighted by molar-refractivity contribution is 0.0697. The molecule has 1 aromatic heterocycles. The first-order valence-corrected chi connectivity index (χ1v) is 16.0. The highest BCUT2D eigenvalue weighted by atomic mass is 16.6. The summed E-state index contributed by atoms with van der Waals surface area (Å²) in [6.45, 7) is 7.56. The monoisotopic (exact) mass is 629 g/mol. The number of carboxylic acid groups (broad SMARTS) is 1. The third-order valence-electron chi connectivity index (χ3n) is 9.34. The van der Waals surface area contributed by atoms with Gasteiger partial charge >= 0.3 is 12.1 Å². The van der Waals surface area contributed by atoms with E-state index in [4.69, 9.17) is 4.74 Å². The van der Waals surface area contributed by atoms with Crippen LogP contribution in [0.1, 0.15) is 62.9 Å². The molecule has 0 bridgehead atoms. The first-order chi connectivity index (χ1) is 22.7. The Balaban J connectivity index is 1.14. The van der Waals surface area contributed by atoms with Crippen LogP contribution in [0.15, 0.2) is 97.1 Å². The molecule has 0 spiro atoms. The van der Waals surface area contributed by atoms with Gasteiger partial charge in [-0.2, -0.15) is 0 Å². The SMILES string of the molecule is Cc1c(C)n(Cc2ccc(-c3ccccc3C(=O)O)cc2)c2ccc(C(=O)N[C@@H](C)[C@@H]3CCCN3C(=O)OCc3ccccc3)cc12. The first-order valence-electron chi connectivity index (χ1n) is 16.0. The van der Waals surface area contributed by atoms with Gasteiger partial charge in [-0.05, 0) is 85.7 Å². The van der Waals surface area contributed by atoms with Crippen LogP contribution in [0.4, 0.5) is 4.79 Å². The number of aromatic carboxylic acids is 1. The van der Waals surface area contributed by atoms with Crippen molar-refractivity contribution in [2.75, 3.05) is 6.54 Å². The smallest absolute Gasteiger partial charge is 0.410 e. The summed E-state index contributed by atoms with van der Waals surface area (Å²) in [6, 6.07) is 30.0. The predicted octanol–water partition coefficient (Wildman–Crippen LogP) is 7.59. The average molecular weight is 630 g/mol. The van der Waals surface area contributed by atoms with Crippen LogP contribution in [0, 0.1) is 13.8 Å². The summed E-state index contributed by atoms with van der Waals surface area (Å²) >= 11 is 0. The molecule has 47 heavy (non-hydrogen) atoms. The number of likely N-dealkylation sites (tertiary alicyclic amines) is 1.